The molecule has 0 atom stereocenters. The molecule has 1 aromatic heterocycles. The Morgan fingerprint density at radius 3 is 2.15 bits per heavy atom. The number of benzene rings is 3. The molecule has 0 aliphatic rings. The summed E-state index contributed by atoms with van der Waals surface area (Å²) in [7, 11) is 0. The summed E-state index contributed by atoms with van der Waals surface area (Å²) in [6.45, 7) is 12.8. The number of hydrogen-bond donors (Lipinski definition) is 0. The van der Waals surface area contributed by atoms with Crippen LogP contribution in [0.25, 0.3) is 28.3 Å². The second-order valence-electron chi connectivity index (χ2n) is 6.03. The molecule has 4 rings (SSSR count). The highest BCUT2D eigenvalue weighted by molar-refractivity contribution is 6.35. The summed E-state index contributed by atoms with van der Waals surface area (Å²) in [4.78, 5) is 4.09. The van der Waals surface area contributed by atoms with E-state index in [2.05, 4.69) is 54.0 Å². The summed E-state index contributed by atoms with van der Waals surface area (Å²) in [5.74, 6) is 0. The van der Waals surface area contributed by atoms with E-state index in [1.165, 1.54) is 16.3 Å². The first-order valence-electron chi connectivity index (χ1n) is 8.39. The van der Waals surface area contributed by atoms with Gasteiger partial charge in [0, 0.05) is 43.6 Å². The SMILES string of the molecule is C=Nc1ccc2c3c1cccc3c(=C)n2CC.Cc1c(Cl)cccc1Cl. The number of hydrogen-bond acceptors (Lipinski definition) is 1. The van der Waals surface area contributed by atoms with Gasteiger partial charge in [-0.25, -0.2) is 0 Å². The van der Waals surface area contributed by atoms with Crippen molar-refractivity contribution in [2.24, 2.45) is 4.99 Å². The summed E-state index contributed by atoms with van der Waals surface area (Å²) in [6, 6.07) is 15.9. The molecule has 0 saturated heterocycles. The Hall–Kier alpha value is -2.29. The molecule has 0 amide bonds. The smallest absolute Gasteiger partial charge is 0.0702 e. The molecule has 0 spiro atoms. The van der Waals surface area contributed by atoms with E-state index < -0.39 is 0 Å². The molecule has 0 unspecified atom stereocenters. The van der Waals surface area contributed by atoms with Crippen LogP contribution < -0.4 is 5.35 Å². The lowest BCUT2D eigenvalue weighted by Crippen LogP contribution is -2.12. The standard InChI is InChI=1S/C15H14N2.C7H6Cl2/c1-4-17-10(2)11-6-5-7-12-13(16-3)8-9-14(17)15(11)12;1-5-6(8)3-2-4-7(5)9/h5-9H,2-4H2,1H3;2-4H,1H3. The van der Waals surface area contributed by atoms with Gasteiger partial charge in [-0.15, -0.1) is 0 Å². The normalized spacial score (nSPS) is 10.8. The number of nitrogens with zero attached hydrogens (tertiary/aromatic N) is 2. The van der Waals surface area contributed by atoms with Crippen LogP contribution in [-0.4, -0.2) is 11.3 Å². The minimum Gasteiger partial charge on any atom is -0.341 e. The fourth-order valence-corrected chi connectivity index (χ4v) is 3.61. The number of aliphatic imine (C=N–C) groups is 1. The maximum atomic E-state index is 5.73. The Morgan fingerprint density at radius 2 is 1.58 bits per heavy atom. The van der Waals surface area contributed by atoms with E-state index in [1.54, 1.807) is 0 Å². The van der Waals surface area contributed by atoms with Gasteiger partial charge in [-0.1, -0.05) is 54.0 Å². The second-order valence-corrected chi connectivity index (χ2v) is 6.84. The van der Waals surface area contributed by atoms with Crippen molar-refractivity contribution >= 4 is 63.9 Å². The van der Waals surface area contributed by atoms with Crippen LogP contribution in [0, 0.1) is 6.92 Å². The average Bonchev–Trinajstić information content (AvgIpc) is 2.94. The molecular formula is C22H20Cl2N2. The fraction of sp³-hybridized carbons (Fsp3) is 0.136. The number of aromatic nitrogens is 1. The third kappa shape index (κ3) is 3.11. The molecule has 0 fully saturated rings. The van der Waals surface area contributed by atoms with E-state index in [4.69, 9.17) is 23.2 Å². The van der Waals surface area contributed by atoms with Crippen LogP contribution in [0.5, 0.6) is 0 Å². The van der Waals surface area contributed by atoms with Gasteiger partial charge in [0.25, 0.3) is 0 Å². The molecule has 0 radical (unpaired) electrons. The lowest BCUT2D eigenvalue weighted by molar-refractivity contribution is 0.779. The van der Waals surface area contributed by atoms with E-state index in [9.17, 15) is 0 Å². The van der Waals surface area contributed by atoms with Crippen LogP contribution in [0.15, 0.2) is 53.5 Å². The number of aryl methyl sites for hydroxylation is 1. The van der Waals surface area contributed by atoms with Crippen LogP contribution >= 0.6 is 23.2 Å². The minimum absolute atomic E-state index is 0.725. The van der Waals surface area contributed by atoms with Crippen LogP contribution in [0.1, 0.15) is 12.5 Å². The van der Waals surface area contributed by atoms with Crippen molar-refractivity contribution in [3.05, 3.63) is 69.5 Å². The maximum absolute atomic E-state index is 5.73. The first-order valence-corrected chi connectivity index (χ1v) is 9.15. The minimum atomic E-state index is 0.725. The van der Waals surface area contributed by atoms with E-state index in [1.807, 2.05) is 31.2 Å². The van der Waals surface area contributed by atoms with E-state index >= 15 is 0 Å². The second kappa shape index (κ2) is 7.53. The molecule has 4 heteroatoms. The lowest BCUT2D eigenvalue weighted by Gasteiger charge is -2.04. The van der Waals surface area contributed by atoms with Gasteiger partial charge in [0.05, 0.1) is 5.69 Å². The first kappa shape index (κ1) is 18.5. The van der Waals surface area contributed by atoms with Crippen LogP contribution in [0.3, 0.4) is 0 Å². The van der Waals surface area contributed by atoms with E-state index in [-0.39, 0.29) is 0 Å². The third-order valence-electron chi connectivity index (χ3n) is 4.61. The summed E-state index contributed by atoms with van der Waals surface area (Å²) >= 11 is 11.5. The highest BCUT2D eigenvalue weighted by Gasteiger charge is 2.11. The lowest BCUT2D eigenvalue weighted by atomic mass is 10.1. The van der Waals surface area contributed by atoms with Crippen molar-refractivity contribution in [3.63, 3.8) is 0 Å². The molecular weight excluding hydrogens is 363 g/mol. The number of halogens is 2. The quantitative estimate of drug-likeness (QED) is 0.348. The molecule has 132 valence electrons. The van der Waals surface area contributed by atoms with Crippen LogP contribution in [0.2, 0.25) is 10.0 Å². The Morgan fingerprint density at radius 1 is 0.962 bits per heavy atom. The van der Waals surface area contributed by atoms with Gasteiger partial charge in [-0.05, 0) is 50.4 Å². The summed E-state index contributed by atoms with van der Waals surface area (Å²) in [6.07, 6.45) is 0. The van der Waals surface area contributed by atoms with Gasteiger partial charge < -0.3 is 4.57 Å². The van der Waals surface area contributed by atoms with Crippen LogP contribution in [0.4, 0.5) is 5.69 Å². The molecule has 0 N–H and O–H groups in total. The highest BCUT2D eigenvalue weighted by atomic mass is 35.5. The van der Waals surface area contributed by atoms with Crippen molar-refractivity contribution < 1.29 is 0 Å². The molecule has 4 aromatic rings. The van der Waals surface area contributed by atoms with Gasteiger partial charge in [-0.2, -0.15) is 0 Å². The molecule has 26 heavy (non-hydrogen) atoms. The Bertz CT molecular complexity index is 1120. The highest BCUT2D eigenvalue weighted by Crippen LogP contribution is 2.32. The Kier molecular flexibility index (Phi) is 5.36. The predicted molar refractivity (Wildman–Crippen MR) is 116 cm³/mol. The monoisotopic (exact) mass is 382 g/mol. The zero-order chi connectivity index (χ0) is 18.8. The first-order chi connectivity index (χ1) is 12.5. The van der Waals surface area contributed by atoms with Crippen molar-refractivity contribution in [2.75, 3.05) is 0 Å². The molecule has 0 bridgehead atoms. The zero-order valence-corrected chi connectivity index (χ0v) is 16.4. The van der Waals surface area contributed by atoms with Gasteiger partial charge in [0.2, 0.25) is 0 Å². The summed E-state index contributed by atoms with van der Waals surface area (Å²) in [5.41, 5.74) is 3.12. The van der Waals surface area contributed by atoms with Crippen molar-refractivity contribution in [1.29, 1.82) is 0 Å². The maximum Gasteiger partial charge on any atom is 0.0702 e. The van der Waals surface area contributed by atoms with Gasteiger partial charge >= 0.3 is 0 Å². The molecule has 3 aromatic carbocycles. The zero-order valence-electron chi connectivity index (χ0n) is 14.9. The van der Waals surface area contributed by atoms with Gasteiger partial charge in [0.1, 0.15) is 0 Å². The number of rotatable bonds is 2. The Balaban J connectivity index is 0.000000185. The van der Waals surface area contributed by atoms with Crippen molar-refractivity contribution in [1.82, 2.24) is 4.57 Å². The topological polar surface area (TPSA) is 17.3 Å². The summed E-state index contributed by atoms with van der Waals surface area (Å²) in [5, 5.41) is 6.15. The van der Waals surface area contributed by atoms with E-state index in [0.717, 1.165) is 38.6 Å². The summed E-state index contributed by atoms with van der Waals surface area (Å²) < 4.78 is 2.24. The Labute approximate surface area is 163 Å². The largest absolute Gasteiger partial charge is 0.341 e. The predicted octanol–water partition coefficient (Wildman–Crippen LogP) is 6.58. The molecule has 0 aliphatic heterocycles. The molecule has 1 heterocycles. The van der Waals surface area contributed by atoms with Crippen molar-refractivity contribution in [2.45, 2.75) is 20.4 Å². The average molecular weight is 383 g/mol. The van der Waals surface area contributed by atoms with Crippen molar-refractivity contribution in [3.8, 4) is 0 Å². The van der Waals surface area contributed by atoms with Gasteiger partial charge in [-0.3, -0.25) is 4.99 Å². The fourth-order valence-electron chi connectivity index (χ4n) is 3.21. The molecule has 2 nitrogen and oxygen atoms in total. The van der Waals surface area contributed by atoms with Gasteiger partial charge in [0.15, 0.2) is 0 Å². The molecule has 0 aliphatic carbocycles. The third-order valence-corrected chi connectivity index (χ3v) is 5.43. The van der Waals surface area contributed by atoms with E-state index in [0.29, 0.717) is 0 Å². The molecule has 0 saturated carbocycles. The van der Waals surface area contributed by atoms with Crippen LogP contribution in [-0.2, 0) is 6.54 Å².